The van der Waals surface area contributed by atoms with Gasteiger partial charge in [-0.15, -0.1) is 11.3 Å². The van der Waals surface area contributed by atoms with Crippen molar-refractivity contribution in [2.24, 2.45) is 5.92 Å². The summed E-state index contributed by atoms with van der Waals surface area (Å²) in [5, 5.41) is 5.34. The number of benzene rings is 1. The molecule has 1 saturated heterocycles. The second-order valence-corrected chi connectivity index (χ2v) is 8.32. The van der Waals surface area contributed by atoms with Gasteiger partial charge in [-0.3, -0.25) is 9.69 Å². The lowest BCUT2D eigenvalue weighted by molar-refractivity contribution is -0.120. The van der Waals surface area contributed by atoms with Gasteiger partial charge in [-0.2, -0.15) is 0 Å². The predicted molar refractivity (Wildman–Crippen MR) is 105 cm³/mol. The minimum atomic E-state index is -0.438. The quantitative estimate of drug-likeness (QED) is 0.771. The van der Waals surface area contributed by atoms with E-state index in [1.165, 1.54) is 23.8 Å². The van der Waals surface area contributed by atoms with E-state index < -0.39 is 5.82 Å². The number of nitrogens with one attached hydrogen (secondary N) is 1. The highest BCUT2D eigenvalue weighted by molar-refractivity contribution is 7.10. The van der Waals surface area contributed by atoms with Crippen LogP contribution in [0.15, 0.2) is 35.7 Å². The lowest BCUT2D eigenvalue weighted by Crippen LogP contribution is -2.42. The van der Waals surface area contributed by atoms with Gasteiger partial charge in [0.2, 0.25) is 5.91 Å². The Hall–Kier alpha value is -1.43. The van der Waals surface area contributed by atoms with Crippen molar-refractivity contribution in [3.05, 3.63) is 57.0 Å². The Bertz CT molecular complexity index is 709. The number of carbonyl (C=O) groups excluding carboxylic acids is 1. The summed E-state index contributed by atoms with van der Waals surface area (Å²) < 4.78 is 13.9. The Morgan fingerprint density at radius 1 is 1.35 bits per heavy atom. The third kappa shape index (κ3) is 4.84. The molecule has 0 spiro atoms. The summed E-state index contributed by atoms with van der Waals surface area (Å²) in [5.74, 6) is 0.115. The molecule has 1 atom stereocenters. The predicted octanol–water partition coefficient (Wildman–Crippen LogP) is 4.67. The van der Waals surface area contributed by atoms with Gasteiger partial charge in [0.25, 0.3) is 0 Å². The molecular formula is C20H24ClFN2OS. The standard InChI is InChI=1S/C20H24ClFN2OS/c1-14-7-9-24(10-8-14)18(19-6-3-11-26-19)13-23-20(25)12-15-16(21)4-2-5-17(15)22/h2-6,11,14,18H,7-10,12-13H2,1H3,(H,23,25). The van der Waals surface area contributed by atoms with Gasteiger partial charge in [0.1, 0.15) is 5.82 Å². The fraction of sp³-hybridized carbons (Fsp3) is 0.450. The normalized spacial score (nSPS) is 17.2. The maximum absolute atomic E-state index is 13.9. The maximum atomic E-state index is 13.9. The summed E-state index contributed by atoms with van der Waals surface area (Å²) in [6.45, 7) is 4.90. The molecule has 2 aromatic rings. The Labute approximate surface area is 163 Å². The van der Waals surface area contributed by atoms with Crippen molar-refractivity contribution < 1.29 is 9.18 Å². The van der Waals surface area contributed by atoms with Crippen LogP contribution in [-0.4, -0.2) is 30.4 Å². The van der Waals surface area contributed by atoms with E-state index in [1.54, 1.807) is 23.5 Å². The fourth-order valence-corrected chi connectivity index (χ4v) is 4.46. The first-order valence-corrected chi connectivity index (χ1v) is 10.3. The molecule has 1 aliphatic rings. The molecule has 3 rings (SSSR count). The molecule has 26 heavy (non-hydrogen) atoms. The van der Waals surface area contributed by atoms with Crippen LogP contribution in [0.3, 0.4) is 0 Å². The Balaban J connectivity index is 1.63. The number of carbonyl (C=O) groups is 1. The second-order valence-electron chi connectivity index (χ2n) is 6.93. The Kier molecular flexibility index (Phi) is 6.68. The molecule has 6 heteroatoms. The van der Waals surface area contributed by atoms with E-state index in [9.17, 15) is 9.18 Å². The Morgan fingerprint density at radius 3 is 2.77 bits per heavy atom. The molecule has 140 valence electrons. The molecule has 1 aromatic heterocycles. The molecule has 3 nitrogen and oxygen atoms in total. The van der Waals surface area contributed by atoms with Crippen molar-refractivity contribution in [1.82, 2.24) is 10.2 Å². The van der Waals surface area contributed by atoms with Gasteiger partial charge in [0, 0.05) is 22.0 Å². The minimum absolute atomic E-state index is 0.0420. The zero-order valence-electron chi connectivity index (χ0n) is 14.9. The zero-order valence-corrected chi connectivity index (χ0v) is 16.5. The van der Waals surface area contributed by atoms with Gasteiger partial charge in [0.15, 0.2) is 0 Å². The highest BCUT2D eigenvalue weighted by atomic mass is 35.5. The van der Waals surface area contributed by atoms with Crippen LogP contribution < -0.4 is 5.32 Å². The molecule has 1 N–H and O–H groups in total. The summed E-state index contributed by atoms with van der Waals surface area (Å²) >= 11 is 7.74. The molecule has 1 aromatic carbocycles. The first kappa shape index (κ1) is 19.3. The molecule has 1 fully saturated rings. The van der Waals surface area contributed by atoms with E-state index in [0.717, 1.165) is 19.0 Å². The molecule has 0 saturated carbocycles. The van der Waals surface area contributed by atoms with Crippen molar-refractivity contribution in [2.75, 3.05) is 19.6 Å². The summed E-state index contributed by atoms with van der Waals surface area (Å²) in [6.07, 6.45) is 2.32. The van der Waals surface area contributed by atoms with E-state index in [-0.39, 0.29) is 23.9 Å². The molecule has 2 heterocycles. The van der Waals surface area contributed by atoms with E-state index >= 15 is 0 Å². The molecule has 0 aliphatic carbocycles. The van der Waals surface area contributed by atoms with E-state index in [4.69, 9.17) is 11.6 Å². The van der Waals surface area contributed by atoms with Crippen LogP contribution in [0.25, 0.3) is 0 Å². The highest BCUT2D eigenvalue weighted by Crippen LogP contribution is 2.29. The average Bonchev–Trinajstić information content (AvgIpc) is 3.14. The molecule has 0 radical (unpaired) electrons. The molecule has 1 amide bonds. The number of hydrogen-bond acceptors (Lipinski definition) is 3. The Morgan fingerprint density at radius 2 is 2.12 bits per heavy atom. The second kappa shape index (κ2) is 8.98. The molecular weight excluding hydrogens is 371 g/mol. The van der Waals surface area contributed by atoms with Gasteiger partial charge in [-0.25, -0.2) is 4.39 Å². The summed E-state index contributed by atoms with van der Waals surface area (Å²) in [6, 6.07) is 8.81. The monoisotopic (exact) mass is 394 g/mol. The average molecular weight is 395 g/mol. The molecule has 1 unspecified atom stereocenters. The lowest BCUT2D eigenvalue weighted by atomic mass is 9.97. The maximum Gasteiger partial charge on any atom is 0.224 e. The number of thiophene rings is 1. The largest absolute Gasteiger partial charge is 0.354 e. The van der Waals surface area contributed by atoms with E-state index in [0.29, 0.717) is 11.6 Å². The van der Waals surface area contributed by atoms with Gasteiger partial charge in [-0.05, 0) is 55.4 Å². The highest BCUT2D eigenvalue weighted by Gasteiger charge is 2.26. The first-order valence-electron chi connectivity index (χ1n) is 9.01. The number of amides is 1. The van der Waals surface area contributed by atoms with E-state index in [1.807, 2.05) is 6.07 Å². The van der Waals surface area contributed by atoms with Crippen LogP contribution in [0.4, 0.5) is 4.39 Å². The minimum Gasteiger partial charge on any atom is -0.354 e. The van der Waals surface area contributed by atoms with Gasteiger partial charge in [-0.1, -0.05) is 30.7 Å². The number of rotatable bonds is 6. The van der Waals surface area contributed by atoms with Crippen molar-refractivity contribution in [2.45, 2.75) is 32.2 Å². The van der Waals surface area contributed by atoms with Gasteiger partial charge in [0.05, 0.1) is 12.5 Å². The van der Waals surface area contributed by atoms with Crippen molar-refractivity contribution in [3.8, 4) is 0 Å². The zero-order chi connectivity index (χ0) is 18.5. The number of halogens is 2. The number of hydrogen-bond donors (Lipinski definition) is 1. The van der Waals surface area contributed by atoms with Crippen LogP contribution in [-0.2, 0) is 11.2 Å². The SMILES string of the molecule is CC1CCN(C(CNC(=O)Cc2c(F)cccc2Cl)c2cccs2)CC1. The smallest absolute Gasteiger partial charge is 0.224 e. The summed E-state index contributed by atoms with van der Waals surface area (Å²) in [4.78, 5) is 16.1. The fourth-order valence-electron chi connectivity index (χ4n) is 3.37. The third-order valence-corrected chi connectivity index (χ3v) is 6.35. The van der Waals surface area contributed by atoms with Crippen LogP contribution in [0, 0.1) is 11.7 Å². The number of piperidine rings is 1. The number of nitrogens with zero attached hydrogens (tertiary/aromatic N) is 1. The van der Waals surface area contributed by atoms with Gasteiger partial charge < -0.3 is 5.32 Å². The van der Waals surface area contributed by atoms with E-state index in [2.05, 4.69) is 28.6 Å². The van der Waals surface area contributed by atoms with Gasteiger partial charge >= 0.3 is 0 Å². The topological polar surface area (TPSA) is 32.3 Å². The summed E-state index contributed by atoms with van der Waals surface area (Å²) in [7, 11) is 0. The lowest BCUT2D eigenvalue weighted by Gasteiger charge is -2.36. The molecule has 0 bridgehead atoms. The van der Waals surface area contributed by atoms with Crippen molar-refractivity contribution in [1.29, 1.82) is 0 Å². The summed E-state index contributed by atoms with van der Waals surface area (Å²) in [5.41, 5.74) is 0.256. The number of likely N-dealkylation sites (tertiary alicyclic amines) is 1. The van der Waals surface area contributed by atoms with Crippen LogP contribution in [0.5, 0.6) is 0 Å². The van der Waals surface area contributed by atoms with Crippen LogP contribution >= 0.6 is 22.9 Å². The third-order valence-electron chi connectivity index (χ3n) is 5.02. The first-order chi connectivity index (χ1) is 12.5. The van der Waals surface area contributed by atoms with Crippen LogP contribution in [0.2, 0.25) is 5.02 Å². The molecule has 1 aliphatic heterocycles. The van der Waals surface area contributed by atoms with Crippen molar-refractivity contribution in [3.63, 3.8) is 0 Å². The van der Waals surface area contributed by atoms with Crippen molar-refractivity contribution >= 4 is 28.8 Å². The van der Waals surface area contributed by atoms with Crippen LogP contribution in [0.1, 0.15) is 36.2 Å².